The second-order valence-electron chi connectivity index (χ2n) is 4.89. The van der Waals surface area contributed by atoms with Crippen LogP contribution < -0.4 is 10.6 Å². The summed E-state index contributed by atoms with van der Waals surface area (Å²) in [6, 6.07) is 0. The molecule has 106 valence electrons. The Labute approximate surface area is 119 Å². The third kappa shape index (κ3) is 3.20. The molecule has 0 aliphatic carbocycles. The number of nitrogens with zero attached hydrogens (tertiary/aromatic N) is 4. The lowest BCUT2D eigenvalue weighted by molar-refractivity contribution is 0.844. The molecule has 2 aromatic rings. The molecule has 0 bridgehead atoms. The minimum Gasteiger partial charge on any atom is -0.373 e. The Morgan fingerprint density at radius 2 is 1.80 bits per heavy atom. The summed E-state index contributed by atoms with van der Waals surface area (Å²) in [5, 5.41) is 6.42. The van der Waals surface area contributed by atoms with E-state index in [1.54, 1.807) is 18.7 Å². The normalized spacial score (nSPS) is 10.7. The summed E-state index contributed by atoms with van der Waals surface area (Å²) in [6.07, 6.45) is 5.10. The quantitative estimate of drug-likeness (QED) is 0.870. The summed E-state index contributed by atoms with van der Waals surface area (Å²) >= 11 is 0. The van der Waals surface area contributed by atoms with Crippen molar-refractivity contribution in [1.82, 2.24) is 19.9 Å². The molecule has 6 heteroatoms. The van der Waals surface area contributed by atoms with Crippen LogP contribution in [-0.4, -0.2) is 27.0 Å². The summed E-state index contributed by atoms with van der Waals surface area (Å²) in [7, 11) is 1.86. The molecule has 0 fully saturated rings. The van der Waals surface area contributed by atoms with Crippen molar-refractivity contribution in [3.05, 3.63) is 35.7 Å². The van der Waals surface area contributed by atoms with Crippen molar-refractivity contribution < 1.29 is 0 Å². The molecule has 0 radical (unpaired) electrons. The average Bonchev–Trinajstić information content (AvgIpc) is 2.46. The molecule has 0 unspecified atom stereocenters. The van der Waals surface area contributed by atoms with Crippen molar-refractivity contribution in [2.75, 3.05) is 17.7 Å². The molecule has 6 nitrogen and oxygen atoms in total. The molecule has 2 aromatic heterocycles. The first-order valence-electron chi connectivity index (χ1n) is 6.66. The SMILES string of the molecule is CNc1ncnc(NCc2cnc(C)cn2)c1C(C)C. The standard InChI is InChI=1S/C14H20N6/c1-9(2)12-13(15-4)19-8-20-14(12)18-7-11-6-16-10(3)5-17-11/h5-6,8-9H,7H2,1-4H3,(H2,15,18,19,20). The Morgan fingerprint density at radius 1 is 1.05 bits per heavy atom. The lowest BCUT2D eigenvalue weighted by Gasteiger charge is -2.16. The maximum absolute atomic E-state index is 4.33. The minimum absolute atomic E-state index is 0.324. The van der Waals surface area contributed by atoms with Crippen molar-refractivity contribution in [1.29, 1.82) is 0 Å². The van der Waals surface area contributed by atoms with Gasteiger partial charge in [0.2, 0.25) is 0 Å². The predicted molar refractivity (Wildman–Crippen MR) is 79.8 cm³/mol. The fourth-order valence-electron chi connectivity index (χ4n) is 1.97. The van der Waals surface area contributed by atoms with Gasteiger partial charge in [0.05, 0.1) is 24.1 Å². The largest absolute Gasteiger partial charge is 0.373 e. The van der Waals surface area contributed by atoms with E-state index < -0.39 is 0 Å². The molecule has 0 aliphatic rings. The fourth-order valence-corrected chi connectivity index (χ4v) is 1.97. The Balaban J connectivity index is 2.18. The van der Waals surface area contributed by atoms with E-state index in [9.17, 15) is 0 Å². The van der Waals surface area contributed by atoms with E-state index in [-0.39, 0.29) is 0 Å². The van der Waals surface area contributed by atoms with Gasteiger partial charge in [-0.2, -0.15) is 0 Å². The number of nitrogens with one attached hydrogen (secondary N) is 2. The minimum atomic E-state index is 0.324. The van der Waals surface area contributed by atoms with Crippen LogP contribution in [0.15, 0.2) is 18.7 Å². The Bertz CT molecular complexity index is 564. The second-order valence-corrected chi connectivity index (χ2v) is 4.89. The summed E-state index contributed by atoms with van der Waals surface area (Å²) < 4.78 is 0. The summed E-state index contributed by atoms with van der Waals surface area (Å²) in [5.74, 6) is 2.01. The van der Waals surface area contributed by atoms with Crippen LogP contribution in [0, 0.1) is 6.92 Å². The number of rotatable bonds is 5. The summed E-state index contributed by atoms with van der Waals surface area (Å²) in [4.78, 5) is 17.1. The topological polar surface area (TPSA) is 75.6 Å². The van der Waals surface area contributed by atoms with Gasteiger partial charge in [0.1, 0.15) is 18.0 Å². The highest BCUT2D eigenvalue weighted by Gasteiger charge is 2.13. The Kier molecular flexibility index (Phi) is 4.45. The van der Waals surface area contributed by atoms with Crippen molar-refractivity contribution >= 4 is 11.6 Å². The zero-order valence-electron chi connectivity index (χ0n) is 12.3. The first-order chi connectivity index (χ1) is 9.61. The monoisotopic (exact) mass is 272 g/mol. The van der Waals surface area contributed by atoms with E-state index >= 15 is 0 Å². The van der Waals surface area contributed by atoms with Crippen LogP contribution in [0.3, 0.4) is 0 Å². The van der Waals surface area contributed by atoms with E-state index in [1.165, 1.54) is 0 Å². The van der Waals surface area contributed by atoms with Gasteiger partial charge in [-0.1, -0.05) is 13.8 Å². The molecule has 0 aliphatic heterocycles. The molecule has 0 saturated carbocycles. The first kappa shape index (κ1) is 14.2. The molecule has 0 atom stereocenters. The number of hydrogen-bond acceptors (Lipinski definition) is 6. The predicted octanol–water partition coefficient (Wildman–Crippen LogP) is 2.35. The molecule has 2 heterocycles. The zero-order chi connectivity index (χ0) is 14.5. The number of aromatic nitrogens is 4. The molecule has 20 heavy (non-hydrogen) atoms. The molecular weight excluding hydrogens is 252 g/mol. The smallest absolute Gasteiger partial charge is 0.135 e. The summed E-state index contributed by atoms with van der Waals surface area (Å²) in [5.41, 5.74) is 2.88. The van der Waals surface area contributed by atoms with Crippen LogP contribution in [0.25, 0.3) is 0 Å². The third-order valence-corrected chi connectivity index (χ3v) is 2.97. The van der Waals surface area contributed by atoms with Gasteiger partial charge >= 0.3 is 0 Å². The van der Waals surface area contributed by atoms with Gasteiger partial charge in [0.15, 0.2) is 0 Å². The van der Waals surface area contributed by atoms with Gasteiger partial charge in [-0.15, -0.1) is 0 Å². The molecular formula is C14H20N6. The lowest BCUT2D eigenvalue weighted by atomic mass is 10.0. The van der Waals surface area contributed by atoms with Crippen molar-refractivity contribution in [2.45, 2.75) is 33.2 Å². The maximum atomic E-state index is 4.33. The van der Waals surface area contributed by atoms with E-state index in [0.717, 1.165) is 28.6 Å². The van der Waals surface area contributed by atoms with Crippen LogP contribution in [0.2, 0.25) is 0 Å². The van der Waals surface area contributed by atoms with Crippen LogP contribution in [0.5, 0.6) is 0 Å². The van der Waals surface area contributed by atoms with E-state index in [1.807, 2.05) is 14.0 Å². The zero-order valence-corrected chi connectivity index (χ0v) is 12.3. The second kappa shape index (κ2) is 6.27. The summed E-state index contributed by atoms with van der Waals surface area (Å²) in [6.45, 7) is 6.75. The molecule has 0 aromatic carbocycles. The fraction of sp³-hybridized carbons (Fsp3) is 0.429. The molecule has 0 spiro atoms. The Morgan fingerprint density at radius 3 is 2.40 bits per heavy atom. The maximum Gasteiger partial charge on any atom is 0.135 e. The molecule has 0 amide bonds. The Hall–Kier alpha value is -2.24. The van der Waals surface area contributed by atoms with Crippen molar-refractivity contribution in [3.63, 3.8) is 0 Å². The van der Waals surface area contributed by atoms with Gasteiger partial charge in [0, 0.05) is 18.8 Å². The number of aryl methyl sites for hydroxylation is 1. The number of hydrogen-bond donors (Lipinski definition) is 2. The number of anilines is 2. The highest BCUT2D eigenvalue weighted by Crippen LogP contribution is 2.28. The van der Waals surface area contributed by atoms with Gasteiger partial charge in [0.25, 0.3) is 0 Å². The average molecular weight is 272 g/mol. The van der Waals surface area contributed by atoms with Crippen LogP contribution >= 0.6 is 0 Å². The third-order valence-electron chi connectivity index (χ3n) is 2.97. The van der Waals surface area contributed by atoms with E-state index in [0.29, 0.717) is 12.5 Å². The highest BCUT2D eigenvalue weighted by atomic mass is 15.1. The van der Waals surface area contributed by atoms with E-state index in [2.05, 4.69) is 44.4 Å². The van der Waals surface area contributed by atoms with Crippen LogP contribution in [0.1, 0.15) is 36.7 Å². The molecule has 2 N–H and O–H groups in total. The van der Waals surface area contributed by atoms with Crippen molar-refractivity contribution in [3.8, 4) is 0 Å². The lowest BCUT2D eigenvalue weighted by Crippen LogP contribution is -2.10. The van der Waals surface area contributed by atoms with Gasteiger partial charge in [-0.05, 0) is 12.8 Å². The van der Waals surface area contributed by atoms with Crippen molar-refractivity contribution in [2.24, 2.45) is 0 Å². The highest BCUT2D eigenvalue weighted by molar-refractivity contribution is 5.58. The molecule has 0 saturated heterocycles. The van der Waals surface area contributed by atoms with Gasteiger partial charge < -0.3 is 10.6 Å². The van der Waals surface area contributed by atoms with E-state index in [4.69, 9.17) is 0 Å². The van der Waals surface area contributed by atoms with Crippen LogP contribution in [-0.2, 0) is 6.54 Å². The molecule has 2 rings (SSSR count). The van der Waals surface area contributed by atoms with Crippen LogP contribution in [0.4, 0.5) is 11.6 Å². The van der Waals surface area contributed by atoms with Gasteiger partial charge in [-0.3, -0.25) is 9.97 Å². The first-order valence-corrected chi connectivity index (χ1v) is 6.66. The van der Waals surface area contributed by atoms with Gasteiger partial charge in [-0.25, -0.2) is 9.97 Å².